The van der Waals surface area contributed by atoms with Crippen LogP contribution in [0.25, 0.3) is 0 Å². The van der Waals surface area contributed by atoms with Crippen LogP contribution in [-0.4, -0.2) is 68.8 Å². The van der Waals surface area contributed by atoms with Crippen LogP contribution in [0.4, 0.5) is 10.5 Å². The highest BCUT2D eigenvalue weighted by molar-refractivity contribution is 6.06. The Morgan fingerprint density at radius 3 is 2.44 bits per heavy atom. The second-order valence-corrected chi connectivity index (χ2v) is 7.22. The fraction of sp³-hybridized carbons (Fsp3) is 0.579. The van der Waals surface area contributed by atoms with E-state index in [4.69, 9.17) is 9.47 Å². The van der Waals surface area contributed by atoms with Crippen molar-refractivity contribution in [3.8, 4) is 11.5 Å². The number of ether oxygens (including phenoxy) is 2. The van der Waals surface area contributed by atoms with Crippen LogP contribution in [0.5, 0.6) is 11.5 Å². The number of carbonyl (C=O) groups is 2. The third kappa shape index (κ3) is 3.78. The molecule has 2 rings (SSSR count). The molecule has 27 heavy (non-hydrogen) atoms. The van der Waals surface area contributed by atoms with Crippen molar-refractivity contribution in [2.24, 2.45) is 0 Å². The molecule has 1 aliphatic heterocycles. The number of nitrogens with zero attached hydrogens (tertiary/aromatic N) is 2. The van der Waals surface area contributed by atoms with Crippen LogP contribution in [-0.2, 0) is 0 Å². The molecule has 0 saturated heterocycles. The van der Waals surface area contributed by atoms with Crippen LogP contribution in [0.15, 0.2) is 12.1 Å². The average Bonchev–Trinajstić information content (AvgIpc) is 2.62. The van der Waals surface area contributed by atoms with E-state index in [1.807, 2.05) is 14.1 Å². The number of hydrogen-bond donors (Lipinski definition) is 2. The zero-order valence-corrected chi connectivity index (χ0v) is 16.9. The van der Waals surface area contributed by atoms with Gasteiger partial charge in [-0.2, -0.15) is 10.2 Å². The van der Waals surface area contributed by atoms with Crippen LogP contribution >= 0.6 is 0 Å². The number of rotatable bonds is 7. The van der Waals surface area contributed by atoms with Crippen molar-refractivity contribution in [2.45, 2.75) is 38.8 Å². The zero-order valence-electron chi connectivity index (χ0n) is 16.9. The maximum atomic E-state index is 12.6. The SMILES string of the molecule is COc1cc2c(cc1OC)[N+](NCCC(C)N(C)C)(C(=O)O)C(C)CC2=O. The number of fused-ring (bicyclic) bond motifs is 1. The van der Waals surface area contributed by atoms with Gasteiger partial charge in [-0.25, -0.2) is 0 Å². The van der Waals surface area contributed by atoms with E-state index < -0.39 is 16.7 Å². The monoisotopic (exact) mass is 380 g/mol. The Balaban J connectivity index is 2.52. The number of carbonyl (C=O) groups excluding carboxylic acids is 1. The van der Waals surface area contributed by atoms with E-state index in [2.05, 4.69) is 17.2 Å². The molecule has 3 atom stereocenters. The average molecular weight is 380 g/mol. The second kappa shape index (κ2) is 8.24. The number of ketones is 1. The highest BCUT2D eigenvalue weighted by Crippen LogP contribution is 2.42. The molecular formula is C19H30N3O5+. The van der Waals surface area contributed by atoms with Crippen molar-refractivity contribution < 1.29 is 24.2 Å². The summed E-state index contributed by atoms with van der Waals surface area (Å²) in [6.45, 7) is 4.34. The first-order valence-corrected chi connectivity index (χ1v) is 9.02. The number of amides is 1. The van der Waals surface area contributed by atoms with Gasteiger partial charge in [0.05, 0.1) is 26.2 Å². The Labute approximate surface area is 160 Å². The minimum atomic E-state index is -1.05. The van der Waals surface area contributed by atoms with Gasteiger partial charge in [0.25, 0.3) is 0 Å². The Hall–Kier alpha value is -2.16. The summed E-state index contributed by atoms with van der Waals surface area (Å²) in [5.41, 5.74) is 3.92. The lowest BCUT2D eigenvalue weighted by atomic mass is 9.94. The number of methoxy groups -OCH3 is 2. The van der Waals surface area contributed by atoms with Crippen molar-refractivity contribution in [1.82, 2.24) is 14.9 Å². The quantitative estimate of drug-likeness (QED) is 0.703. The van der Waals surface area contributed by atoms with Gasteiger partial charge < -0.3 is 19.5 Å². The van der Waals surface area contributed by atoms with E-state index in [1.165, 1.54) is 14.2 Å². The Morgan fingerprint density at radius 1 is 1.33 bits per heavy atom. The van der Waals surface area contributed by atoms with E-state index >= 15 is 0 Å². The molecule has 0 fully saturated rings. The fourth-order valence-corrected chi connectivity index (χ4v) is 3.44. The largest absolute Gasteiger partial charge is 0.539 e. The Morgan fingerprint density at radius 2 is 1.93 bits per heavy atom. The summed E-state index contributed by atoms with van der Waals surface area (Å²) >= 11 is 0. The molecule has 3 unspecified atom stereocenters. The fourth-order valence-electron chi connectivity index (χ4n) is 3.44. The summed E-state index contributed by atoms with van der Waals surface area (Å²) in [5.74, 6) is 0.700. The summed E-state index contributed by atoms with van der Waals surface area (Å²) in [4.78, 5) is 27.1. The van der Waals surface area contributed by atoms with E-state index in [-0.39, 0.29) is 18.2 Å². The highest BCUT2D eigenvalue weighted by atomic mass is 16.5. The molecule has 1 heterocycles. The molecule has 2 N–H and O–H groups in total. The molecular weight excluding hydrogens is 350 g/mol. The van der Waals surface area contributed by atoms with Gasteiger partial charge in [-0.3, -0.25) is 4.79 Å². The van der Waals surface area contributed by atoms with Crippen molar-refractivity contribution in [1.29, 1.82) is 0 Å². The number of benzene rings is 1. The van der Waals surface area contributed by atoms with Gasteiger partial charge in [-0.05, 0) is 34.4 Å². The molecule has 0 aliphatic carbocycles. The first-order valence-electron chi connectivity index (χ1n) is 9.02. The molecule has 1 aromatic carbocycles. The minimum Gasteiger partial charge on any atom is -0.493 e. The van der Waals surface area contributed by atoms with Crippen molar-refractivity contribution >= 4 is 17.6 Å². The third-order valence-corrected chi connectivity index (χ3v) is 5.43. The standard InChI is InChI=1S/C19H29N3O5/c1-12(21(3)4)7-8-20-22(19(24)25)13(2)9-16(23)14-10-17(26-5)18(27-6)11-15(14)22/h10-13,20H,7-9H2,1-6H3/p+1. The number of nitrogens with one attached hydrogen (secondary N) is 1. The van der Waals surface area contributed by atoms with Gasteiger partial charge in [0.15, 0.2) is 23.0 Å². The third-order valence-electron chi connectivity index (χ3n) is 5.43. The Kier molecular flexibility index (Phi) is 6.46. The molecule has 150 valence electrons. The molecule has 0 radical (unpaired) electrons. The lowest BCUT2D eigenvalue weighted by molar-refractivity contribution is 0.0747. The van der Waals surface area contributed by atoms with Crippen molar-refractivity contribution in [2.75, 3.05) is 34.9 Å². The molecule has 1 amide bonds. The van der Waals surface area contributed by atoms with E-state index in [9.17, 15) is 14.7 Å². The van der Waals surface area contributed by atoms with Crippen LogP contribution in [0.3, 0.4) is 0 Å². The minimum absolute atomic E-state index is 0.100. The molecule has 1 aromatic rings. The summed E-state index contributed by atoms with van der Waals surface area (Å²) in [5, 5.41) is 10.2. The van der Waals surface area contributed by atoms with Crippen LogP contribution in [0, 0.1) is 0 Å². The topological polar surface area (TPSA) is 88.1 Å². The molecule has 0 saturated carbocycles. The van der Waals surface area contributed by atoms with Crippen LogP contribution in [0.2, 0.25) is 0 Å². The number of quaternary nitrogens is 1. The van der Waals surface area contributed by atoms with Gasteiger partial charge in [0, 0.05) is 24.7 Å². The molecule has 8 heteroatoms. The maximum Gasteiger partial charge on any atom is 0.539 e. The molecule has 0 spiro atoms. The summed E-state index contributed by atoms with van der Waals surface area (Å²) in [7, 11) is 6.95. The number of carboxylic acid groups (broad SMARTS) is 1. The summed E-state index contributed by atoms with van der Waals surface area (Å²) < 4.78 is 10.1. The first-order chi connectivity index (χ1) is 12.7. The zero-order chi connectivity index (χ0) is 20.4. The highest BCUT2D eigenvalue weighted by Gasteiger charge is 2.52. The lowest BCUT2D eigenvalue weighted by Gasteiger charge is -2.40. The van der Waals surface area contributed by atoms with Gasteiger partial charge in [-0.15, -0.1) is 4.59 Å². The van der Waals surface area contributed by atoms with Gasteiger partial charge >= 0.3 is 6.09 Å². The van der Waals surface area contributed by atoms with E-state index in [0.29, 0.717) is 29.3 Å². The van der Waals surface area contributed by atoms with E-state index in [0.717, 1.165) is 6.42 Å². The number of hydrogen-bond acceptors (Lipinski definition) is 6. The summed E-state index contributed by atoms with van der Waals surface area (Å²) in [6.07, 6.45) is -0.157. The second-order valence-electron chi connectivity index (χ2n) is 7.22. The first kappa shape index (κ1) is 21.1. The summed E-state index contributed by atoms with van der Waals surface area (Å²) in [6, 6.07) is 2.99. The smallest absolute Gasteiger partial charge is 0.493 e. The molecule has 0 bridgehead atoms. The van der Waals surface area contributed by atoms with Crippen molar-refractivity contribution in [3.63, 3.8) is 0 Å². The predicted molar refractivity (Wildman–Crippen MR) is 104 cm³/mol. The van der Waals surface area contributed by atoms with Gasteiger partial charge in [-0.1, -0.05) is 0 Å². The molecule has 0 aromatic heterocycles. The maximum absolute atomic E-state index is 12.6. The van der Waals surface area contributed by atoms with Gasteiger partial charge in [0.1, 0.15) is 6.04 Å². The van der Waals surface area contributed by atoms with E-state index in [1.54, 1.807) is 19.1 Å². The number of Topliss-reactive ketones (excluding diaryl/α,β-unsaturated/α-hetero) is 1. The van der Waals surface area contributed by atoms with Crippen molar-refractivity contribution in [3.05, 3.63) is 17.7 Å². The molecule has 1 aliphatic rings. The normalized spacial score (nSPS) is 23.1. The molecule has 8 nitrogen and oxygen atoms in total. The lowest BCUT2D eigenvalue weighted by Crippen LogP contribution is -2.70. The predicted octanol–water partition coefficient (Wildman–Crippen LogP) is 2.51. The van der Waals surface area contributed by atoms with Gasteiger partial charge in [0.2, 0.25) is 0 Å². The van der Waals surface area contributed by atoms with Crippen LogP contribution in [0.1, 0.15) is 37.0 Å². The van der Waals surface area contributed by atoms with Crippen LogP contribution < -0.4 is 19.5 Å². The Bertz CT molecular complexity index is 722.